The molecule has 1 N–H and O–H groups in total. The molecule has 1 atom stereocenters. The van der Waals surface area contributed by atoms with Gasteiger partial charge in [-0.25, -0.2) is 17.6 Å². The van der Waals surface area contributed by atoms with Gasteiger partial charge in [0, 0.05) is 23.5 Å². The van der Waals surface area contributed by atoms with Crippen molar-refractivity contribution in [2.45, 2.75) is 44.8 Å². The van der Waals surface area contributed by atoms with Crippen molar-refractivity contribution in [2.24, 2.45) is 0 Å². The predicted octanol–water partition coefficient (Wildman–Crippen LogP) is 10.6. The maximum atomic E-state index is 14.8. The molecule has 0 bridgehead atoms. The molecule has 0 spiro atoms. The standard InChI is InChI=1S/C31H23BrF7N.C2H6/c1-19(21-11-12-28(34)27(13-21)29(2,35)36)40-30(18-20-7-4-3-5-8-20,22-9-6-10-25(32)15-22)23-14-24(31(37,38)39)17-26(33)16-23;1-2/h3-17,40H,1,18H2,2H3;1-2H3. The van der Waals surface area contributed by atoms with Gasteiger partial charge in [-0.05, 0) is 70.8 Å². The summed E-state index contributed by atoms with van der Waals surface area (Å²) in [5.41, 5.74) is -2.50. The Bertz CT molecular complexity index is 1530. The minimum Gasteiger partial charge on any atom is -0.371 e. The Hall–Kier alpha value is -3.59. The van der Waals surface area contributed by atoms with Crippen LogP contribution in [0.1, 0.15) is 54.2 Å². The van der Waals surface area contributed by atoms with E-state index in [1.165, 1.54) is 6.07 Å². The van der Waals surface area contributed by atoms with E-state index in [1.807, 2.05) is 13.8 Å². The fraction of sp³-hybridized carbons (Fsp3) is 0.212. The van der Waals surface area contributed by atoms with Gasteiger partial charge in [0.1, 0.15) is 11.6 Å². The zero-order valence-electron chi connectivity index (χ0n) is 23.1. The van der Waals surface area contributed by atoms with Crippen LogP contribution in [0.4, 0.5) is 30.7 Å². The van der Waals surface area contributed by atoms with Gasteiger partial charge < -0.3 is 5.32 Å². The molecule has 0 radical (unpaired) electrons. The Kier molecular flexibility index (Phi) is 10.3. The van der Waals surface area contributed by atoms with Gasteiger partial charge in [0.15, 0.2) is 0 Å². The summed E-state index contributed by atoms with van der Waals surface area (Å²) in [6, 6.07) is 20.8. The number of hydrogen-bond donors (Lipinski definition) is 1. The number of hydrogen-bond acceptors (Lipinski definition) is 1. The highest BCUT2D eigenvalue weighted by Crippen LogP contribution is 2.40. The van der Waals surface area contributed by atoms with E-state index in [2.05, 4.69) is 27.8 Å². The molecule has 0 aliphatic heterocycles. The Morgan fingerprint density at radius 3 is 2.00 bits per heavy atom. The zero-order valence-corrected chi connectivity index (χ0v) is 24.7. The largest absolute Gasteiger partial charge is 0.416 e. The van der Waals surface area contributed by atoms with Crippen LogP contribution in [0.2, 0.25) is 0 Å². The van der Waals surface area contributed by atoms with Gasteiger partial charge in [-0.3, -0.25) is 0 Å². The van der Waals surface area contributed by atoms with Crippen LogP contribution >= 0.6 is 15.9 Å². The van der Waals surface area contributed by atoms with Gasteiger partial charge in [0.05, 0.1) is 16.7 Å². The first-order chi connectivity index (χ1) is 19.7. The van der Waals surface area contributed by atoms with Gasteiger partial charge >= 0.3 is 6.18 Å². The van der Waals surface area contributed by atoms with Gasteiger partial charge in [-0.1, -0.05) is 78.8 Å². The molecule has 4 rings (SSSR count). The fourth-order valence-corrected chi connectivity index (χ4v) is 4.99. The topological polar surface area (TPSA) is 12.0 Å². The maximum Gasteiger partial charge on any atom is 0.416 e. The number of alkyl halides is 5. The second kappa shape index (κ2) is 13.2. The van der Waals surface area contributed by atoms with Crippen molar-refractivity contribution in [3.63, 3.8) is 0 Å². The molecule has 0 heterocycles. The summed E-state index contributed by atoms with van der Waals surface area (Å²) >= 11 is 3.39. The van der Waals surface area contributed by atoms with Crippen LogP contribution in [0.5, 0.6) is 0 Å². The lowest BCUT2D eigenvalue weighted by Gasteiger charge is -2.39. The predicted molar refractivity (Wildman–Crippen MR) is 156 cm³/mol. The molecule has 4 aromatic carbocycles. The highest BCUT2D eigenvalue weighted by Gasteiger charge is 2.39. The maximum absolute atomic E-state index is 14.8. The van der Waals surface area contributed by atoms with Crippen molar-refractivity contribution in [3.8, 4) is 0 Å². The average Bonchev–Trinajstić information content (AvgIpc) is 2.93. The van der Waals surface area contributed by atoms with Crippen LogP contribution in [0.15, 0.2) is 102 Å². The molecule has 0 aromatic heterocycles. The van der Waals surface area contributed by atoms with Crippen LogP contribution in [0.3, 0.4) is 0 Å². The van der Waals surface area contributed by atoms with Gasteiger partial charge in [-0.2, -0.15) is 13.2 Å². The lowest BCUT2D eigenvalue weighted by molar-refractivity contribution is -0.137. The number of halogens is 8. The zero-order chi connectivity index (χ0) is 31.3. The van der Waals surface area contributed by atoms with E-state index in [1.54, 1.807) is 54.6 Å². The summed E-state index contributed by atoms with van der Waals surface area (Å²) in [7, 11) is 0. The molecule has 0 aliphatic carbocycles. The van der Waals surface area contributed by atoms with Crippen LogP contribution in [0, 0.1) is 11.6 Å². The van der Waals surface area contributed by atoms with Crippen LogP contribution in [-0.4, -0.2) is 0 Å². The molecule has 222 valence electrons. The average molecular weight is 652 g/mol. The molecule has 0 amide bonds. The molecule has 0 saturated carbocycles. The van der Waals surface area contributed by atoms with E-state index in [9.17, 15) is 30.7 Å². The third-order valence-electron chi connectivity index (χ3n) is 6.50. The van der Waals surface area contributed by atoms with Crippen molar-refractivity contribution >= 4 is 21.6 Å². The summed E-state index contributed by atoms with van der Waals surface area (Å²) in [5, 5.41) is 3.14. The van der Waals surface area contributed by atoms with Gasteiger partial charge in [0.2, 0.25) is 0 Å². The summed E-state index contributed by atoms with van der Waals surface area (Å²) in [4.78, 5) is 0. The first kappa shape index (κ1) is 32.9. The van der Waals surface area contributed by atoms with Crippen LogP contribution in [-0.2, 0) is 24.1 Å². The second-order valence-corrected chi connectivity index (χ2v) is 10.4. The SMILES string of the molecule is C=C(NC(Cc1ccccc1)(c1cccc(Br)c1)c1cc(F)cc(C(F)(F)F)c1)c1ccc(F)c(C(C)(F)F)c1.CC. The molecular formula is C33H29BrF7N. The summed E-state index contributed by atoms with van der Waals surface area (Å²) < 4.78 is 99.4. The lowest BCUT2D eigenvalue weighted by Crippen LogP contribution is -2.44. The van der Waals surface area contributed by atoms with Crippen molar-refractivity contribution < 1.29 is 30.7 Å². The van der Waals surface area contributed by atoms with Gasteiger partial charge in [0.25, 0.3) is 5.92 Å². The van der Waals surface area contributed by atoms with E-state index < -0.39 is 40.4 Å². The van der Waals surface area contributed by atoms with E-state index in [4.69, 9.17) is 0 Å². The highest BCUT2D eigenvalue weighted by molar-refractivity contribution is 9.10. The lowest BCUT2D eigenvalue weighted by atomic mass is 9.77. The van der Waals surface area contributed by atoms with Crippen molar-refractivity contribution in [3.05, 3.63) is 147 Å². The second-order valence-electron chi connectivity index (χ2n) is 9.49. The Labute approximate surface area is 249 Å². The third kappa shape index (κ3) is 7.62. The minimum absolute atomic E-state index is 0.0132. The van der Waals surface area contributed by atoms with E-state index >= 15 is 0 Å². The molecule has 0 aliphatic rings. The number of rotatable bonds is 8. The normalized spacial score (nSPS) is 13.0. The van der Waals surface area contributed by atoms with Crippen LogP contribution < -0.4 is 5.32 Å². The number of nitrogens with one attached hydrogen (secondary N) is 1. The smallest absolute Gasteiger partial charge is 0.371 e. The first-order valence-corrected chi connectivity index (χ1v) is 13.8. The highest BCUT2D eigenvalue weighted by atomic mass is 79.9. The summed E-state index contributed by atoms with van der Waals surface area (Å²) in [6.45, 7) is 8.52. The Balaban J connectivity index is 0.00000237. The molecule has 9 heteroatoms. The van der Waals surface area contributed by atoms with Crippen molar-refractivity contribution in [1.82, 2.24) is 5.32 Å². The van der Waals surface area contributed by atoms with E-state index in [-0.39, 0.29) is 23.2 Å². The van der Waals surface area contributed by atoms with Crippen molar-refractivity contribution in [1.29, 1.82) is 0 Å². The third-order valence-corrected chi connectivity index (χ3v) is 6.99. The molecule has 42 heavy (non-hydrogen) atoms. The van der Waals surface area contributed by atoms with E-state index in [0.29, 0.717) is 28.6 Å². The molecular weight excluding hydrogens is 623 g/mol. The van der Waals surface area contributed by atoms with Gasteiger partial charge in [-0.15, -0.1) is 0 Å². The summed E-state index contributed by atoms with van der Waals surface area (Å²) in [6.07, 6.45) is -4.83. The summed E-state index contributed by atoms with van der Waals surface area (Å²) in [5.74, 6) is -5.73. The fourth-order valence-electron chi connectivity index (χ4n) is 4.59. The number of benzene rings is 4. The van der Waals surface area contributed by atoms with E-state index in [0.717, 1.165) is 24.3 Å². The molecule has 1 unspecified atom stereocenters. The molecule has 0 fully saturated rings. The Morgan fingerprint density at radius 2 is 1.40 bits per heavy atom. The Morgan fingerprint density at radius 1 is 0.762 bits per heavy atom. The first-order valence-electron chi connectivity index (χ1n) is 13.0. The van der Waals surface area contributed by atoms with Crippen molar-refractivity contribution in [2.75, 3.05) is 0 Å². The minimum atomic E-state index is -4.85. The molecule has 4 aromatic rings. The molecule has 0 saturated heterocycles. The quantitative estimate of drug-likeness (QED) is 0.187. The monoisotopic (exact) mass is 651 g/mol. The molecule has 1 nitrogen and oxygen atoms in total. The van der Waals surface area contributed by atoms with Crippen LogP contribution in [0.25, 0.3) is 5.70 Å².